The number of nitrogens with one attached hydrogen (secondary N) is 1. The number of hydrogen-bond acceptors (Lipinski definition) is 4. The number of anilines is 1. The van der Waals surface area contributed by atoms with Crippen LogP contribution in [0.25, 0.3) is 0 Å². The molecule has 0 aliphatic heterocycles. The highest BCUT2D eigenvalue weighted by Crippen LogP contribution is 2.22. The first-order valence-corrected chi connectivity index (χ1v) is 4.97. The number of nitro groups is 1. The van der Waals surface area contributed by atoms with Crippen LogP contribution in [0.1, 0.15) is 18.9 Å². The highest BCUT2D eigenvalue weighted by molar-refractivity contribution is 5.58. The van der Waals surface area contributed by atoms with Crippen LogP contribution in [0.5, 0.6) is 0 Å². The van der Waals surface area contributed by atoms with Crippen molar-refractivity contribution in [1.29, 1.82) is 5.26 Å². The lowest BCUT2D eigenvalue weighted by Gasteiger charge is -2.12. The molecular weight excluding hydrogens is 218 g/mol. The van der Waals surface area contributed by atoms with Gasteiger partial charge in [-0.1, -0.05) is 0 Å². The van der Waals surface area contributed by atoms with E-state index in [9.17, 15) is 10.1 Å². The van der Waals surface area contributed by atoms with Gasteiger partial charge in [0, 0.05) is 24.2 Å². The number of terminal acetylenes is 1. The minimum absolute atomic E-state index is 0.0351. The molecule has 0 aromatic heterocycles. The van der Waals surface area contributed by atoms with Crippen molar-refractivity contribution in [2.24, 2.45) is 0 Å². The van der Waals surface area contributed by atoms with Crippen LogP contribution in [0.2, 0.25) is 0 Å². The van der Waals surface area contributed by atoms with Crippen LogP contribution in [0.3, 0.4) is 0 Å². The summed E-state index contributed by atoms with van der Waals surface area (Å²) in [6.45, 7) is 1.90. The standard InChI is InChI=1S/C12H11N3O2/c1-3-4-9(2)14-11-5-6-12(15(16)17)10(7-11)8-13/h1,5-7,9,14H,4H2,2H3. The zero-order valence-corrected chi connectivity index (χ0v) is 9.30. The van der Waals surface area contributed by atoms with E-state index in [1.165, 1.54) is 12.1 Å². The van der Waals surface area contributed by atoms with E-state index in [2.05, 4.69) is 11.2 Å². The Hall–Kier alpha value is -2.53. The lowest BCUT2D eigenvalue weighted by molar-refractivity contribution is -0.385. The van der Waals surface area contributed by atoms with Gasteiger partial charge >= 0.3 is 0 Å². The fraction of sp³-hybridized carbons (Fsp3) is 0.250. The summed E-state index contributed by atoms with van der Waals surface area (Å²) in [5, 5.41) is 22.5. The molecule has 17 heavy (non-hydrogen) atoms. The molecule has 1 rings (SSSR count). The molecule has 1 atom stereocenters. The second-order valence-electron chi connectivity index (χ2n) is 3.55. The summed E-state index contributed by atoms with van der Waals surface area (Å²) in [6, 6.07) is 6.17. The van der Waals surface area contributed by atoms with E-state index in [-0.39, 0.29) is 17.3 Å². The molecule has 1 aromatic rings. The first-order valence-electron chi connectivity index (χ1n) is 4.97. The molecule has 0 saturated carbocycles. The summed E-state index contributed by atoms with van der Waals surface area (Å²) in [6.07, 6.45) is 5.71. The van der Waals surface area contributed by atoms with E-state index < -0.39 is 4.92 Å². The third-order valence-corrected chi connectivity index (χ3v) is 2.15. The van der Waals surface area contributed by atoms with Gasteiger partial charge in [-0.05, 0) is 19.1 Å². The summed E-state index contributed by atoms with van der Waals surface area (Å²) in [5.74, 6) is 2.51. The van der Waals surface area contributed by atoms with Gasteiger partial charge in [-0.3, -0.25) is 10.1 Å². The lowest BCUT2D eigenvalue weighted by Crippen LogP contribution is -2.14. The minimum atomic E-state index is -0.576. The van der Waals surface area contributed by atoms with Crippen molar-refractivity contribution < 1.29 is 4.92 Å². The highest BCUT2D eigenvalue weighted by Gasteiger charge is 2.14. The number of rotatable bonds is 4. The van der Waals surface area contributed by atoms with Crippen molar-refractivity contribution in [2.45, 2.75) is 19.4 Å². The molecule has 5 nitrogen and oxygen atoms in total. The average molecular weight is 229 g/mol. The Morgan fingerprint density at radius 2 is 2.35 bits per heavy atom. The van der Waals surface area contributed by atoms with Crippen molar-refractivity contribution in [3.63, 3.8) is 0 Å². The number of hydrogen-bond donors (Lipinski definition) is 1. The molecule has 1 aromatic carbocycles. The molecule has 0 radical (unpaired) electrons. The molecule has 0 amide bonds. The third kappa shape index (κ3) is 3.22. The summed E-state index contributed by atoms with van der Waals surface area (Å²) < 4.78 is 0. The van der Waals surface area contributed by atoms with Crippen LogP contribution in [-0.2, 0) is 0 Å². The van der Waals surface area contributed by atoms with Crippen LogP contribution >= 0.6 is 0 Å². The Balaban J connectivity index is 2.96. The molecular formula is C12H11N3O2. The maximum Gasteiger partial charge on any atom is 0.287 e. The molecule has 0 saturated heterocycles. The zero-order chi connectivity index (χ0) is 12.8. The second-order valence-corrected chi connectivity index (χ2v) is 3.55. The molecule has 0 bridgehead atoms. The fourth-order valence-electron chi connectivity index (χ4n) is 1.39. The van der Waals surface area contributed by atoms with Gasteiger partial charge in [0.2, 0.25) is 0 Å². The number of nitriles is 1. The SMILES string of the molecule is C#CCC(C)Nc1ccc([N+](=O)[O-])c(C#N)c1. The molecule has 0 aliphatic carbocycles. The molecule has 0 spiro atoms. The monoisotopic (exact) mass is 229 g/mol. The lowest BCUT2D eigenvalue weighted by atomic mass is 10.1. The van der Waals surface area contributed by atoms with Crippen molar-refractivity contribution in [3.05, 3.63) is 33.9 Å². The van der Waals surface area contributed by atoms with Crippen LogP contribution in [0.4, 0.5) is 11.4 Å². The predicted molar refractivity (Wildman–Crippen MR) is 64.3 cm³/mol. The first-order chi connectivity index (χ1) is 8.08. The predicted octanol–water partition coefficient (Wildman–Crippen LogP) is 2.29. The first kappa shape index (κ1) is 12.5. The maximum absolute atomic E-state index is 10.6. The van der Waals surface area contributed by atoms with Gasteiger partial charge in [0.15, 0.2) is 0 Å². The molecule has 5 heteroatoms. The summed E-state index contributed by atoms with van der Waals surface area (Å²) in [4.78, 5) is 10.0. The van der Waals surface area contributed by atoms with Gasteiger partial charge < -0.3 is 5.32 Å². The van der Waals surface area contributed by atoms with Crippen molar-refractivity contribution in [3.8, 4) is 18.4 Å². The topological polar surface area (TPSA) is 79.0 Å². The van der Waals surface area contributed by atoms with Gasteiger partial charge in [-0.15, -0.1) is 12.3 Å². The van der Waals surface area contributed by atoms with E-state index in [0.717, 1.165) is 0 Å². The Morgan fingerprint density at radius 3 is 2.88 bits per heavy atom. The Bertz CT molecular complexity index is 511. The van der Waals surface area contributed by atoms with Gasteiger partial charge in [0.1, 0.15) is 11.6 Å². The van der Waals surface area contributed by atoms with Crippen molar-refractivity contribution in [1.82, 2.24) is 0 Å². The summed E-state index contributed by atoms with van der Waals surface area (Å²) in [7, 11) is 0. The summed E-state index contributed by atoms with van der Waals surface area (Å²) >= 11 is 0. The van der Waals surface area contributed by atoms with E-state index in [1.54, 1.807) is 12.1 Å². The largest absolute Gasteiger partial charge is 0.382 e. The van der Waals surface area contributed by atoms with E-state index in [4.69, 9.17) is 11.7 Å². The van der Waals surface area contributed by atoms with Gasteiger partial charge in [-0.25, -0.2) is 0 Å². The molecule has 1 N–H and O–H groups in total. The number of benzene rings is 1. The Labute approximate surface area is 99.2 Å². The van der Waals surface area contributed by atoms with Crippen LogP contribution in [-0.4, -0.2) is 11.0 Å². The maximum atomic E-state index is 10.6. The Kier molecular flexibility index (Phi) is 4.08. The Morgan fingerprint density at radius 1 is 1.65 bits per heavy atom. The molecule has 0 aliphatic rings. The normalized spacial score (nSPS) is 11.0. The molecule has 0 heterocycles. The smallest absolute Gasteiger partial charge is 0.287 e. The van der Waals surface area contributed by atoms with Crippen LogP contribution < -0.4 is 5.32 Å². The highest BCUT2D eigenvalue weighted by atomic mass is 16.6. The summed E-state index contributed by atoms with van der Waals surface area (Å²) in [5.41, 5.74) is 0.491. The molecule has 86 valence electrons. The zero-order valence-electron chi connectivity index (χ0n) is 9.30. The van der Waals surface area contributed by atoms with Crippen LogP contribution in [0.15, 0.2) is 18.2 Å². The molecule has 1 unspecified atom stereocenters. The quantitative estimate of drug-likeness (QED) is 0.488. The van der Waals surface area contributed by atoms with Gasteiger partial charge in [-0.2, -0.15) is 5.26 Å². The van der Waals surface area contributed by atoms with Gasteiger partial charge in [0.05, 0.1) is 4.92 Å². The molecule has 0 fully saturated rings. The number of nitro benzene ring substituents is 1. The van der Waals surface area contributed by atoms with Crippen LogP contribution in [0, 0.1) is 33.8 Å². The van der Waals surface area contributed by atoms with Crippen molar-refractivity contribution in [2.75, 3.05) is 5.32 Å². The van der Waals surface area contributed by atoms with E-state index in [0.29, 0.717) is 12.1 Å². The van der Waals surface area contributed by atoms with E-state index in [1.807, 2.05) is 6.92 Å². The van der Waals surface area contributed by atoms with Gasteiger partial charge in [0.25, 0.3) is 5.69 Å². The van der Waals surface area contributed by atoms with Crippen molar-refractivity contribution >= 4 is 11.4 Å². The van der Waals surface area contributed by atoms with E-state index >= 15 is 0 Å². The fourth-order valence-corrected chi connectivity index (χ4v) is 1.39. The number of nitrogens with zero attached hydrogens (tertiary/aromatic N) is 2. The average Bonchev–Trinajstić information content (AvgIpc) is 2.28. The minimum Gasteiger partial charge on any atom is -0.382 e. The third-order valence-electron chi connectivity index (χ3n) is 2.15. The second kappa shape index (κ2) is 5.53.